The van der Waals surface area contributed by atoms with Crippen LogP contribution in [0.1, 0.15) is 49.0 Å². The lowest BCUT2D eigenvalue weighted by molar-refractivity contribution is -0.129. The van der Waals surface area contributed by atoms with Gasteiger partial charge in [-0.15, -0.1) is 0 Å². The molecule has 1 fully saturated rings. The second-order valence-corrected chi connectivity index (χ2v) is 8.85. The molecule has 1 aliphatic carbocycles. The fraction of sp³-hybridized carbons (Fsp3) is 0.458. The van der Waals surface area contributed by atoms with Crippen molar-refractivity contribution in [2.24, 2.45) is 5.92 Å². The molecule has 2 aromatic rings. The van der Waals surface area contributed by atoms with E-state index in [9.17, 15) is 14.0 Å². The third-order valence-electron chi connectivity index (χ3n) is 6.36. The van der Waals surface area contributed by atoms with Gasteiger partial charge < -0.3 is 21.7 Å². The zero-order valence-electron chi connectivity index (χ0n) is 18.2. The van der Waals surface area contributed by atoms with E-state index in [0.29, 0.717) is 24.7 Å². The monoisotopic (exact) mass is 439 g/mol. The van der Waals surface area contributed by atoms with E-state index in [2.05, 4.69) is 20.9 Å². The minimum absolute atomic E-state index is 0.122. The van der Waals surface area contributed by atoms with E-state index in [1.807, 2.05) is 6.07 Å². The number of halogens is 1. The molecule has 0 radical (unpaired) electrons. The average Bonchev–Trinajstić information content (AvgIpc) is 3.24. The van der Waals surface area contributed by atoms with Crippen molar-refractivity contribution in [2.75, 3.05) is 12.3 Å². The highest BCUT2D eigenvalue weighted by molar-refractivity contribution is 5.89. The largest absolute Gasteiger partial charge is 0.384 e. The zero-order chi connectivity index (χ0) is 22.7. The van der Waals surface area contributed by atoms with Gasteiger partial charge in [0.15, 0.2) is 0 Å². The molecule has 0 saturated carbocycles. The summed E-state index contributed by atoms with van der Waals surface area (Å²) in [6.07, 6.45) is 4.08. The van der Waals surface area contributed by atoms with Crippen molar-refractivity contribution in [3.63, 3.8) is 0 Å². The van der Waals surface area contributed by atoms with E-state index in [0.717, 1.165) is 42.5 Å². The summed E-state index contributed by atoms with van der Waals surface area (Å²) >= 11 is 0. The molecule has 1 aliphatic heterocycles. The number of nitrogen functional groups attached to an aromatic ring is 1. The first-order valence-electron chi connectivity index (χ1n) is 11.2. The predicted molar refractivity (Wildman–Crippen MR) is 120 cm³/mol. The van der Waals surface area contributed by atoms with Crippen molar-refractivity contribution in [2.45, 2.75) is 57.2 Å². The normalized spacial score (nSPS) is 23.2. The molecule has 2 amide bonds. The van der Waals surface area contributed by atoms with Crippen molar-refractivity contribution in [3.05, 3.63) is 59.0 Å². The Morgan fingerprint density at radius 3 is 2.81 bits per heavy atom. The van der Waals surface area contributed by atoms with Crippen LogP contribution in [-0.2, 0) is 22.4 Å². The van der Waals surface area contributed by atoms with Gasteiger partial charge >= 0.3 is 0 Å². The Morgan fingerprint density at radius 1 is 1.25 bits per heavy atom. The number of nitrogens with two attached hydrogens (primary N) is 1. The Bertz CT molecular complexity index is 981. The van der Waals surface area contributed by atoms with Gasteiger partial charge in [0.05, 0.1) is 12.1 Å². The van der Waals surface area contributed by atoms with E-state index in [1.54, 1.807) is 25.1 Å². The van der Waals surface area contributed by atoms with Gasteiger partial charge in [0, 0.05) is 5.69 Å². The van der Waals surface area contributed by atoms with Gasteiger partial charge in [-0.1, -0.05) is 18.2 Å². The maximum Gasteiger partial charge on any atom is 0.242 e. The second-order valence-electron chi connectivity index (χ2n) is 8.85. The average molecular weight is 440 g/mol. The van der Waals surface area contributed by atoms with Crippen LogP contribution in [0, 0.1) is 11.7 Å². The first kappa shape index (κ1) is 22.2. The molecule has 4 rings (SSSR count). The summed E-state index contributed by atoms with van der Waals surface area (Å²) in [5.74, 6) is 0.138. The highest BCUT2D eigenvalue weighted by Crippen LogP contribution is 2.29. The number of nitrogens with zero attached hydrogens (tertiary/aromatic N) is 1. The highest BCUT2D eigenvalue weighted by Gasteiger charge is 2.31. The maximum atomic E-state index is 13.1. The van der Waals surface area contributed by atoms with E-state index in [4.69, 9.17) is 5.73 Å². The van der Waals surface area contributed by atoms with E-state index >= 15 is 0 Å². The van der Waals surface area contributed by atoms with Crippen molar-refractivity contribution < 1.29 is 14.0 Å². The van der Waals surface area contributed by atoms with Crippen LogP contribution in [0.5, 0.6) is 0 Å². The van der Waals surface area contributed by atoms with Crippen LogP contribution >= 0.6 is 0 Å². The Balaban J connectivity index is 1.27. The molecule has 1 saturated heterocycles. The first-order chi connectivity index (χ1) is 15.4. The van der Waals surface area contributed by atoms with E-state index in [-0.39, 0.29) is 29.7 Å². The molecular weight excluding hydrogens is 409 g/mol. The molecule has 170 valence electrons. The molecular formula is C24H30FN5O2. The summed E-state index contributed by atoms with van der Waals surface area (Å²) in [7, 11) is 0. The van der Waals surface area contributed by atoms with Crippen LogP contribution in [0.3, 0.4) is 0 Å². The second kappa shape index (κ2) is 9.65. The van der Waals surface area contributed by atoms with Gasteiger partial charge in [-0.3, -0.25) is 9.59 Å². The van der Waals surface area contributed by atoms with Crippen molar-refractivity contribution in [1.29, 1.82) is 0 Å². The highest BCUT2D eigenvalue weighted by atomic mass is 19.1. The molecule has 1 aromatic carbocycles. The van der Waals surface area contributed by atoms with Gasteiger partial charge in [0.2, 0.25) is 11.8 Å². The molecule has 0 bridgehead atoms. The Hall–Kier alpha value is -3.00. The molecule has 7 nitrogen and oxygen atoms in total. The molecule has 2 aliphatic rings. The van der Waals surface area contributed by atoms with Crippen LogP contribution in [-0.4, -0.2) is 35.4 Å². The van der Waals surface area contributed by atoms with E-state index in [1.165, 1.54) is 12.1 Å². The van der Waals surface area contributed by atoms with Crippen molar-refractivity contribution >= 4 is 17.6 Å². The molecule has 4 atom stereocenters. The van der Waals surface area contributed by atoms with Gasteiger partial charge in [0.25, 0.3) is 0 Å². The number of hydrogen-bond acceptors (Lipinski definition) is 5. The third-order valence-corrected chi connectivity index (χ3v) is 6.36. The van der Waals surface area contributed by atoms with Crippen LogP contribution in [0.4, 0.5) is 10.2 Å². The van der Waals surface area contributed by atoms with E-state index < -0.39 is 6.04 Å². The lowest BCUT2D eigenvalue weighted by Gasteiger charge is -2.27. The lowest BCUT2D eigenvalue weighted by Crippen LogP contribution is -2.50. The number of fused-ring (bicyclic) bond motifs is 1. The summed E-state index contributed by atoms with van der Waals surface area (Å²) in [5, 5.41) is 9.13. The maximum absolute atomic E-state index is 13.1. The number of carbonyl (C=O) groups is 2. The number of benzene rings is 1. The Labute approximate surface area is 187 Å². The summed E-state index contributed by atoms with van der Waals surface area (Å²) in [6, 6.07) is 9.05. The molecule has 2 heterocycles. The van der Waals surface area contributed by atoms with Crippen molar-refractivity contribution in [1.82, 2.24) is 20.9 Å². The molecule has 32 heavy (non-hydrogen) atoms. The Morgan fingerprint density at radius 2 is 2.03 bits per heavy atom. The number of anilines is 1. The zero-order valence-corrected chi connectivity index (χ0v) is 18.2. The SMILES string of the molecule is C[C@H](NC(=O)[C@H]1C[C@H](Cc2ccc(F)cc2)CN1)C(=O)NC1CCCc2nc(N)ccc21. The lowest BCUT2D eigenvalue weighted by atomic mass is 9.91. The topological polar surface area (TPSA) is 109 Å². The summed E-state index contributed by atoms with van der Waals surface area (Å²) in [5.41, 5.74) is 8.76. The minimum Gasteiger partial charge on any atom is -0.384 e. The number of hydrogen-bond donors (Lipinski definition) is 4. The number of aromatic nitrogens is 1. The van der Waals surface area contributed by atoms with Crippen LogP contribution in [0.2, 0.25) is 0 Å². The quantitative estimate of drug-likeness (QED) is 0.551. The predicted octanol–water partition coefficient (Wildman–Crippen LogP) is 2.02. The fourth-order valence-corrected chi connectivity index (χ4v) is 4.62. The third kappa shape index (κ3) is 5.24. The molecule has 0 spiro atoms. The van der Waals surface area contributed by atoms with Gasteiger partial charge in [-0.05, 0) is 80.8 Å². The Kier molecular flexibility index (Phi) is 6.69. The molecule has 1 aromatic heterocycles. The van der Waals surface area contributed by atoms with Crippen LogP contribution < -0.4 is 21.7 Å². The van der Waals surface area contributed by atoms with Crippen LogP contribution in [0.15, 0.2) is 36.4 Å². The number of nitrogens with one attached hydrogen (secondary N) is 3. The van der Waals surface area contributed by atoms with Gasteiger partial charge in [0.1, 0.15) is 17.7 Å². The first-order valence-corrected chi connectivity index (χ1v) is 11.2. The molecule has 8 heteroatoms. The molecule has 1 unspecified atom stereocenters. The van der Waals surface area contributed by atoms with Gasteiger partial charge in [-0.2, -0.15) is 0 Å². The number of amides is 2. The minimum atomic E-state index is -0.646. The van der Waals surface area contributed by atoms with Crippen LogP contribution in [0.25, 0.3) is 0 Å². The summed E-state index contributed by atoms with van der Waals surface area (Å²) in [4.78, 5) is 29.8. The van der Waals surface area contributed by atoms with Crippen molar-refractivity contribution in [3.8, 4) is 0 Å². The number of rotatable bonds is 6. The number of pyridine rings is 1. The van der Waals surface area contributed by atoms with Gasteiger partial charge in [-0.25, -0.2) is 9.37 Å². The number of aryl methyl sites for hydroxylation is 1. The smallest absolute Gasteiger partial charge is 0.242 e. The molecule has 5 N–H and O–H groups in total. The standard InChI is InChI=1S/C24H30FN5O2/c1-14(23(31)30-20-4-2-3-19-18(20)9-10-22(26)29-19)28-24(32)21-12-16(13-27-21)11-15-5-7-17(25)8-6-15/h5-10,14,16,20-21,27H,2-4,11-13H2,1H3,(H2,26,29)(H,28,32)(H,30,31)/t14-,16-,20?,21+/m0/s1. The summed E-state index contributed by atoms with van der Waals surface area (Å²) in [6.45, 7) is 2.41. The fourth-order valence-electron chi connectivity index (χ4n) is 4.62. The summed E-state index contributed by atoms with van der Waals surface area (Å²) < 4.78 is 13.1. The number of carbonyl (C=O) groups excluding carboxylic acids is 2.